The van der Waals surface area contributed by atoms with Gasteiger partial charge in [-0.2, -0.15) is 5.10 Å². The molecule has 0 aliphatic heterocycles. The van der Waals surface area contributed by atoms with E-state index in [1.807, 2.05) is 36.4 Å². The van der Waals surface area contributed by atoms with Gasteiger partial charge in [0.2, 0.25) is 0 Å². The summed E-state index contributed by atoms with van der Waals surface area (Å²) in [5.41, 5.74) is 0. The summed E-state index contributed by atoms with van der Waals surface area (Å²) in [5.74, 6) is 0. The van der Waals surface area contributed by atoms with Gasteiger partial charge in [-0.3, -0.25) is 0 Å². The van der Waals surface area contributed by atoms with Crippen molar-refractivity contribution in [3.05, 3.63) is 76.5 Å². The van der Waals surface area contributed by atoms with Gasteiger partial charge in [0.05, 0.1) is 10.7 Å². The van der Waals surface area contributed by atoms with Gasteiger partial charge in [0, 0.05) is 5.32 Å². The van der Waals surface area contributed by atoms with Crippen molar-refractivity contribution in [3.63, 3.8) is 0 Å². The first-order valence-electron chi connectivity index (χ1n) is 7.91. The summed E-state index contributed by atoms with van der Waals surface area (Å²) in [6.45, 7) is 6.66. The molecule has 1 aromatic heterocycles. The van der Waals surface area contributed by atoms with Gasteiger partial charge in [-0.25, -0.2) is 0 Å². The predicted molar refractivity (Wildman–Crippen MR) is 106 cm³/mol. The molecule has 0 fully saturated rings. The molecule has 0 saturated carbocycles. The quantitative estimate of drug-likeness (QED) is 0.634. The first-order chi connectivity index (χ1) is 11.4. The van der Waals surface area contributed by atoms with Crippen molar-refractivity contribution in [2.45, 2.75) is 25.8 Å². The summed E-state index contributed by atoms with van der Waals surface area (Å²) in [6.07, 6.45) is 1.61. The van der Waals surface area contributed by atoms with E-state index in [1.165, 1.54) is 10.4 Å². The maximum atomic E-state index is 12.7. The van der Waals surface area contributed by atoms with Crippen molar-refractivity contribution >= 4 is 39.7 Å². The number of nitrogens with zero attached hydrogens (tertiary/aromatic N) is 2. The average Bonchev–Trinajstić information content (AvgIpc) is 2.89. The molecule has 0 bridgehead atoms. The van der Waals surface area contributed by atoms with E-state index in [9.17, 15) is 5.21 Å². The Hall–Kier alpha value is -1.85. The van der Waals surface area contributed by atoms with Crippen molar-refractivity contribution < 1.29 is 0 Å². The highest BCUT2D eigenvalue weighted by Crippen LogP contribution is 2.36. The normalized spacial score (nSPS) is 12.3. The number of aromatic nitrogens is 2. The van der Waals surface area contributed by atoms with Crippen molar-refractivity contribution in [2.75, 3.05) is 0 Å². The molecule has 0 amide bonds. The monoisotopic (exact) mass is 399 g/mol. The molecule has 3 nitrogen and oxygen atoms in total. The highest BCUT2D eigenvalue weighted by Gasteiger charge is 2.51. The second-order valence-corrected chi connectivity index (χ2v) is 12.4. The molecule has 0 aliphatic carbocycles. The number of benzene rings is 2. The van der Waals surface area contributed by atoms with Crippen LogP contribution in [-0.4, -0.2) is 18.0 Å². The van der Waals surface area contributed by atoms with Gasteiger partial charge in [0.1, 0.15) is 0 Å². The van der Waals surface area contributed by atoms with Crippen LogP contribution in [-0.2, 0) is 0 Å². The lowest BCUT2D eigenvalue weighted by atomic mass is 10.2. The Balaban J connectivity index is 2.48. The Morgan fingerprint density at radius 1 is 0.917 bits per heavy atom. The Kier molecular flexibility index (Phi) is 4.40. The molecule has 0 aliphatic rings. The molecule has 24 heavy (non-hydrogen) atoms. The van der Waals surface area contributed by atoms with Crippen LogP contribution in [0.4, 0.5) is 0 Å². The van der Waals surface area contributed by atoms with E-state index in [0.29, 0.717) is 0 Å². The maximum Gasteiger partial charge on any atom is 0.177 e. The topological polar surface area (TPSA) is 40.9 Å². The van der Waals surface area contributed by atoms with Crippen LogP contribution in [0.3, 0.4) is 0 Å². The third-order valence-corrected chi connectivity index (χ3v) is 11.4. The minimum atomic E-state index is -2.62. The van der Waals surface area contributed by atoms with Crippen molar-refractivity contribution in [1.29, 1.82) is 0 Å². The standard InChI is InChI=1S/C19H20BrN2OSi/c1-19(2,3)24(15-10-6-4-7-11-15,16-12-8-5-9-13-16)18-17(20)14-21-22(18)23/h4-14H,1-3H3/q-1. The van der Waals surface area contributed by atoms with Crippen molar-refractivity contribution in [1.82, 2.24) is 9.94 Å². The maximum absolute atomic E-state index is 12.7. The summed E-state index contributed by atoms with van der Waals surface area (Å²) < 4.78 is 0.784. The molecule has 0 spiro atoms. The molecule has 2 aromatic carbocycles. The van der Waals surface area contributed by atoms with Crippen LogP contribution in [0.2, 0.25) is 5.04 Å². The molecule has 3 aromatic rings. The summed E-state index contributed by atoms with van der Waals surface area (Å²) >= 11 is 3.59. The van der Waals surface area contributed by atoms with Crippen LogP contribution in [0.1, 0.15) is 20.8 Å². The lowest BCUT2D eigenvalue weighted by molar-refractivity contribution is 0.734. The van der Waals surface area contributed by atoms with Crippen LogP contribution in [0, 0.1) is 5.21 Å². The number of halogens is 1. The predicted octanol–water partition coefficient (Wildman–Crippen LogP) is 3.26. The smallest absolute Gasteiger partial charge is 0.177 e. The molecule has 0 N–H and O–H groups in total. The lowest BCUT2D eigenvalue weighted by Gasteiger charge is -2.45. The van der Waals surface area contributed by atoms with E-state index in [0.717, 1.165) is 14.6 Å². The Morgan fingerprint density at radius 3 is 1.71 bits per heavy atom. The summed E-state index contributed by atoms with van der Waals surface area (Å²) in [7, 11) is -2.62. The molecule has 124 valence electrons. The molecule has 1 heterocycles. The molecule has 0 unspecified atom stereocenters. The van der Waals surface area contributed by atoms with E-state index < -0.39 is 8.07 Å². The number of hydrogen-bond acceptors (Lipinski definition) is 2. The minimum absolute atomic E-state index is 0.125. The van der Waals surface area contributed by atoms with E-state index >= 15 is 0 Å². The van der Waals surface area contributed by atoms with Gasteiger partial charge in [0.15, 0.2) is 8.07 Å². The molecule has 0 radical (unpaired) electrons. The zero-order valence-corrected chi connectivity index (χ0v) is 16.6. The van der Waals surface area contributed by atoms with Crippen molar-refractivity contribution in [3.8, 4) is 0 Å². The molecule has 5 heteroatoms. The fourth-order valence-corrected chi connectivity index (χ4v) is 10.3. The van der Waals surface area contributed by atoms with Crippen LogP contribution in [0.5, 0.6) is 0 Å². The summed E-state index contributed by atoms with van der Waals surface area (Å²) in [4.78, 5) is 0.807. The highest BCUT2D eigenvalue weighted by atomic mass is 79.9. The largest absolute Gasteiger partial charge is 0.790 e. The van der Waals surface area contributed by atoms with Crippen LogP contribution in [0.15, 0.2) is 71.3 Å². The molecule has 0 atom stereocenters. The van der Waals surface area contributed by atoms with E-state index in [4.69, 9.17) is 0 Å². The van der Waals surface area contributed by atoms with Crippen LogP contribution in [0.25, 0.3) is 0 Å². The van der Waals surface area contributed by atoms with Gasteiger partial charge < -0.3 is 10.1 Å². The van der Waals surface area contributed by atoms with E-state index in [1.54, 1.807) is 6.20 Å². The third-order valence-electron chi connectivity index (χ3n) is 4.59. The first-order valence-corrected chi connectivity index (χ1v) is 10.7. The number of hydrogen-bond donors (Lipinski definition) is 0. The zero-order valence-electron chi connectivity index (χ0n) is 14.0. The van der Waals surface area contributed by atoms with E-state index in [2.05, 4.69) is 66.1 Å². The fourth-order valence-electron chi connectivity index (χ4n) is 3.67. The first kappa shape index (κ1) is 17.0. The molecular formula is C19H20BrN2OSi-. The zero-order chi connectivity index (χ0) is 17.4. The second kappa shape index (κ2) is 6.22. The van der Waals surface area contributed by atoms with Crippen LogP contribution >= 0.6 is 15.9 Å². The molecule has 3 rings (SSSR count). The molecule has 0 saturated heterocycles. The highest BCUT2D eigenvalue weighted by molar-refractivity contribution is 9.10. The Bertz CT molecular complexity index is 767. The summed E-state index contributed by atoms with van der Waals surface area (Å²) in [5, 5.41) is 19.7. The Labute approximate surface area is 152 Å². The number of rotatable bonds is 3. The SMILES string of the molecule is CC(C)(C)[Si](c1ccccc1)(c1ccccc1)c1c(Br)cnn1[O-]. The summed E-state index contributed by atoms with van der Waals surface area (Å²) in [6, 6.07) is 20.8. The third kappa shape index (κ3) is 2.52. The van der Waals surface area contributed by atoms with Gasteiger partial charge >= 0.3 is 0 Å². The fraction of sp³-hybridized carbons (Fsp3) is 0.211. The van der Waals surface area contributed by atoms with Crippen molar-refractivity contribution in [2.24, 2.45) is 0 Å². The van der Waals surface area contributed by atoms with E-state index in [-0.39, 0.29) is 5.04 Å². The van der Waals surface area contributed by atoms with Gasteiger partial charge in [-0.1, -0.05) is 81.4 Å². The van der Waals surface area contributed by atoms with Gasteiger partial charge in [0.25, 0.3) is 0 Å². The van der Waals surface area contributed by atoms with Gasteiger partial charge in [-0.15, -0.1) is 0 Å². The lowest BCUT2D eigenvalue weighted by Crippen LogP contribution is -2.73. The average molecular weight is 400 g/mol. The second-order valence-electron chi connectivity index (χ2n) is 6.95. The van der Waals surface area contributed by atoms with Gasteiger partial charge in [-0.05, 0) is 31.3 Å². The minimum Gasteiger partial charge on any atom is -0.790 e. The Morgan fingerprint density at radius 2 is 1.38 bits per heavy atom. The van der Waals surface area contributed by atoms with Crippen LogP contribution < -0.4 is 15.7 Å². The molecular weight excluding hydrogens is 380 g/mol.